The molecule has 0 saturated carbocycles. The van der Waals surface area contributed by atoms with Crippen LogP contribution in [0.15, 0.2) is 48.5 Å². The maximum absolute atomic E-state index is 6.26. The van der Waals surface area contributed by atoms with Gasteiger partial charge in [-0.3, -0.25) is 0 Å². The minimum atomic E-state index is 0.522. The van der Waals surface area contributed by atoms with Crippen molar-refractivity contribution in [1.29, 1.82) is 0 Å². The van der Waals surface area contributed by atoms with Gasteiger partial charge in [0.05, 0.1) is 0 Å². The largest absolute Gasteiger partial charge is 0.370 e. The van der Waals surface area contributed by atoms with Gasteiger partial charge in [-0.05, 0) is 29.3 Å². The Morgan fingerprint density at radius 2 is 1.83 bits per heavy atom. The lowest BCUT2D eigenvalue weighted by Crippen LogP contribution is -2.16. The highest BCUT2D eigenvalue weighted by atomic mass is 35.5. The monoisotopic (exact) mass is 260 g/mol. The molecule has 0 spiro atoms. The van der Waals surface area contributed by atoms with E-state index in [0.29, 0.717) is 6.54 Å². The smallest absolute Gasteiger partial charge is 0.0459 e. The van der Waals surface area contributed by atoms with Crippen LogP contribution in [0.1, 0.15) is 11.1 Å². The third-order valence-electron chi connectivity index (χ3n) is 2.96. The molecule has 0 fully saturated rings. The van der Waals surface area contributed by atoms with E-state index >= 15 is 0 Å². The zero-order valence-electron chi connectivity index (χ0n) is 10.4. The van der Waals surface area contributed by atoms with Gasteiger partial charge < -0.3 is 10.6 Å². The van der Waals surface area contributed by atoms with Crippen molar-refractivity contribution in [2.24, 2.45) is 5.73 Å². The average Bonchev–Trinajstić information content (AvgIpc) is 2.42. The molecule has 0 amide bonds. The van der Waals surface area contributed by atoms with Crippen LogP contribution < -0.4 is 10.6 Å². The highest BCUT2D eigenvalue weighted by molar-refractivity contribution is 6.31. The SMILES string of the molecule is CN(Cc1ccc(CN)cc1Cl)c1ccccc1. The summed E-state index contributed by atoms with van der Waals surface area (Å²) in [6, 6.07) is 16.3. The molecule has 2 N–H and O–H groups in total. The van der Waals surface area contributed by atoms with Crippen molar-refractivity contribution in [3.63, 3.8) is 0 Å². The van der Waals surface area contributed by atoms with Crippen LogP contribution >= 0.6 is 11.6 Å². The van der Waals surface area contributed by atoms with Gasteiger partial charge in [0.2, 0.25) is 0 Å². The molecule has 2 aromatic rings. The fraction of sp³-hybridized carbons (Fsp3) is 0.200. The molecule has 2 aromatic carbocycles. The summed E-state index contributed by atoms with van der Waals surface area (Å²) in [5, 5.41) is 0.778. The molecule has 2 nitrogen and oxygen atoms in total. The molecule has 2 rings (SSSR count). The number of nitrogens with zero attached hydrogens (tertiary/aromatic N) is 1. The quantitative estimate of drug-likeness (QED) is 0.913. The number of anilines is 1. The Kier molecular flexibility index (Phi) is 4.24. The molecule has 3 heteroatoms. The summed E-state index contributed by atoms with van der Waals surface area (Å²) in [5.41, 5.74) is 8.94. The van der Waals surface area contributed by atoms with Gasteiger partial charge in [-0.25, -0.2) is 0 Å². The number of hydrogen-bond acceptors (Lipinski definition) is 2. The number of nitrogens with two attached hydrogens (primary N) is 1. The Morgan fingerprint density at radius 1 is 1.11 bits per heavy atom. The first kappa shape index (κ1) is 12.9. The zero-order valence-corrected chi connectivity index (χ0v) is 11.2. The van der Waals surface area contributed by atoms with E-state index in [1.165, 1.54) is 5.69 Å². The molecule has 0 aliphatic heterocycles. The lowest BCUT2D eigenvalue weighted by atomic mass is 10.1. The Labute approximate surface area is 113 Å². The van der Waals surface area contributed by atoms with Crippen LogP contribution in [-0.4, -0.2) is 7.05 Å². The van der Waals surface area contributed by atoms with Gasteiger partial charge in [0, 0.05) is 30.8 Å². The number of hydrogen-bond donors (Lipinski definition) is 1. The summed E-state index contributed by atoms with van der Waals surface area (Å²) in [5.74, 6) is 0. The second kappa shape index (κ2) is 5.89. The molecule has 0 aromatic heterocycles. The van der Waals surface area contributed by atoms with Crippen LogP contribution in [0.25, 0.3) is 0 Å². The van der Waals surface area contributed by atoms with E-state index < -0.39 is 0 Å². The summed E-state index contributed by atoms with van der Waals surface area (Å²) in [6.45, 7) is 1.31. The van der Waals surface area contributed by atoms with E-state index in [-0.39, 0.29) is 0 Å². The highest BCUT2D eigenvalue weighted by Gasteiger charge is 2.05. The van der Waals surface area contributed by atoms with E-state index in [2.05, 4.69) is 24.1 Å². The predicted octanol–water partition coefficient (Wildman–Crippen LogP) is 3.44. The molecule has 0 aliphatic rings. The van der Waals surface area contributed by atoms with Crippen molar-refractivity contribution in [1.82, 2.24) is 0 Å². The summed E-state index contributed by atoms with van der Waals surface area (Å²) in [7, 11) is 2.06. The summed E-state index contributed by atoms with van der Waals surface area (Å²) in [4.78, 5) is 2.17. The third-order valence-corrected chi connectivity index (χ3v) is 3.31. The molecule has 0 saturated heterocycles. The molecule has 0 heterocycles. The van der Waals surface area contributed by atoms with Gasteiger partial charge in [-0.2, -0.15) is 0 Å². The molecule has 18 heavy (non-hydrogen) atoms. The minimum absolute atomic E-state index is 0.522. The van der Waals surface area contributed by atoms with Gasteiger partial charge in [0.1, 0.15) is 0 Å². The first-order chi connectivity index (χ1) is 8.70. The van der Waals surface area contributed by atoms with Crippen LogP contribution in [-0.2, 0) is 13.1 Å². The van der Waals surface area contributed by atoms with E-state index in [1.54, 1.807) is 0 Å². The lowest BCUT2D eigenvalue weighted by molar-refractivity contribution is 0.920. The Bertz CT molecular complexity index is 511. The van der Waals surface area contributed by atoms with E-state index in [1.807, 2.05) is 36.4 Å². The Morgan fingerprint density at radius 3 is 2.44 bits per heavy atom. The fourth-order valence-corrected chi connectivity index (χ4v) is 2.14. The van der Waals surface area contributed by atoms with Crippen molar-refractivity contribution in [2.75, 3.05) is 11.9 Å². The number of halogens is 1. The molecule has 94 valence electrons. The second-order valence-electron chi connectivity index (χ2n) is 4.32. The summed E-state index contributed by atoms with van der Waals surface area (Å²) >= 11 is 6.26. The first-order valence-electron chi connectivity index (χ1n) is 5.94. The maximum atomic E-state index is 6.26. The Balaban J connectivity index is 2.14. The van der Waals surface area contributed by atoms with Crippen LogP contribution in [0.3, 0.4) is 0 Å². The Hall–Kier alpha value is -1.51. The maximum Gasteiger partial charge on any atom is 0.0459 e. The van der Waals surface area contributed by atoms with Crippen molar-refractivity contribution in [2.45, 2.75) is 13.1 Å². The molecular weight excluding hydrogens is 244 g/mol. The molecule has 0 bridgehead atoms. The van der Waals surface area contributed by atoms with Crippen LogP contribution in [0.2, 0.25) is 5.02 Å². The molecule has 0 atom stereocenters. The second-order valence-corrected chi connectivity index (χ2v) is 4.73. The summed E-state index contributed by atoms with van der Waals surface area (Å²) in [6.07, 6.45) is 0. The molecule has 0 unspecified atom stereocenters. The summed E-state index contributed by atoms with van der Waals surface area (Å²) < 4.78 is 0. The minimum Gasteiger partial charge on any atom is -0.370 e. The van der Waals surface area contributed by atoms with Crippen LogP contribution in [0.5, 0.6) is 0 Å². The van der Waals surface area contributed by atoms with E-state index in [0.717, 1.165) is 22.7 Å². The highest BCUT2D eigenvalue weighted by Crippen LogP contribution is 2.21. The van der Waals surface area contributed by atoms with Gasteiger partial charge in [-0.1, -0.05) is 41.9 Å². The van der Waals surface area contributed by atoms with Gasteiger partial charge in [0.15, 0.2) is 0 Å². The van der Waals surface area contributed by atoms with Gasteiger partial charge >= 0.3 is 0 Å². The normalized spacial score (nSPS) is 10.4. The fourth-order valence-electron chi connectivity index (χ4n) is 1.88. The van der Waals surface area contributed by atoms with Gasteiger partial charge in [0.25, 0.3) is 0 Å². The van der Waals surface area contributed by atoms with Crippen LogP contribution in [0.4, 0.5) is 5.69 Å². The molecule has 0 radical (unpaired) electrons. The van der Waals surface area contributed by atoms with Crippen molar-refractivity contribution < 1.29 is 0 Å². The van der Waals surface area contributed by atoms with Crippen molar-refractivity contribution >= 4 is 17.3 Å². The lowest BCUT2D eigenvalue weighted by Gasteiger charge is -2.20. The molecule has 0 aliphatic carbocycles. The predicted molar refractivity (Wildman–Crippen MR) is 77.9 cm³/mol. The molecular formula is C15H17ClN2. The number of para-hydroxylation sites is 1. The van der Waals surface area contributed by atoms with E-state index in [9.17, 15) is 0 Å². The first-order valence-corrected chi connectivity index (χ1v) is 6.32. The standard InChI is InChI=1S/C15H17ClN2/c1-18(14-5-3-2-4-6-14)11-13-8-7-12(10-17)9-15(13)16/h2-9H,10-11,17H2,1H3. The number of benzene rings is 2. The number of rotatable bonds is 4. The van der Waals surface area contributed by atoms with Crippen molar-refractivity contribution in [3.05, 3.63) is 64.7 Å². The van der Waals surface area contributed by atoms with E-state index in [4.69, 9.17) is 17.3 Å². The topological polar surface area (TPSA) is 29.3 Å². The zero-order chi connectivity index (χ0) is 13.0. The van der Waals surface area contributed by atoms with Crippen molar-refractivity contribution in [3.8, 4) is 0 Å². The third kappa shape index (κ3) is 3.03. The average molecular weight is 261 g/mol. The van der Waals surface area contributed by atoms with Crippen LogP contribution in [0, 0.1) is 0 Å². The van der Waals surface area contributed by atoms with Gasteiger partial charge in [-0.15, -0.1) is 0 Å².